The maximum Gasteiger partial charge on any atom is 0.418 e. The van der Waals surface area contributed by atoms with Gasteiger partial charge in [-0.1, -0.05) is 35.5 Å². The molecule has 0 radical (unpaired) electrons. The highest BCUT2D eigenvalue weighted by atomic mass is 19.4. The molecule has 7 nitrogen and oxygen atoms in total. The number of aliphatic carboxylic acids is 1. The van der Waals surface area contributed by atoms with Crippen LogP contribution in [0.2, 0.25) is 0 Å². The Morgan fingerprint density at radius 3 is 2.45 bits per heavy atom. The predicted octanol–water partition coefficient (Wildman–Crippen LogP) is 2.74. The molecule has 160 valence electrons. The van der Waals surface area contributed by atoms with Gasteiger partial charge in [-0.3, -0.25) is 4.79 Å². The Hall–Kier alpha value is -2.49. The van der Waals surface area contributed by atoms with Gasteiger partial charge in [0.25, 0.3) is 0 Å². The zero-order valence-electron chi connectivity index (χ0n) is 16.1. The molecule has 0 bridgehead atoms. The minimum absolute atomic E-state index is 0.142. The van der Waals surface area contributed by atoms with Gasteiger partial charge in [0.1, 0.15) is 6.04 Å². The molecule has 1 amide bonds. The molecule has 1 aromatic rings. The Kier molecular flexibility index (Phi) is 6.99. The summed E-state index contributed by atoms with van der Waals surface area (Å²) in [5, 5.41) is 14.5. The van der Waals surface area contributed by atoms with Crippen LogP contribution >= 0.6 is 0 Å². The summed E-state index contributed by atoms with van der Waals surface area (Å²) in [6.45, 7) is 2.20. The highest BCUT2D eigenvalue weighted by Crippen LogP contribution is 2.43. The second-order valence-electron chi connectivity index (χ2n) is 7.46. The smallest absolute Gasteiger partial charge is 0.418 e. The van der Waals surface area contributed by atoms with E-state index in [4.69, 9.17) is 0 Å². The summed E-state index contributed by atoms with van der Waals surface area (Å²) in [5.41, 5.74) is -2.00. The van der Waals surface area contributed by atoms with Crippen molar-refractivity contribution in [3.63, 3.8) is 0 Å². The van der Waals surface area contributed by atoms with Gasteiger partial charge in [-0.25, -0.2) is 4.79 Å². The van der Waals surface area contributed by atoms with Gasteiger partial charge in [-0.2, -0.15) is 13.2 Å². The molecule has 1 aliphatic rings. The highest BCUT2D eigenvalue weighted by Gasteiger charge is 2.65. The molecular weight excluding hydrogens is 391 g/mol. The van der Waals surface area contributed by atoms with Gasteiger partial charge in [0, 0.05) is 12.5 Å². The van der Waals surface area contributed by atoms with E-state index in [1.165, 1.54) is 6.92 Å². The standard InChI is InChI=1S/C19H24F3N3O4/c1-12(8-9-14-6-4-3-5-7-14)23-13(2)16(26)25-11-18(24-29,19(20,21)22)10-15(25)17(27)28/h3-7,12-13,15,23H,8-11H2,1-2H3,(H,27,28)/t12-,13+,15+,18?/m1/s1. The zero-order chi connectivity index (χ0) is 21.8. The first-order valence-electron chi connectivity index (χ1n) is 9.25. The SMILES string of the molecule is C[C@H](CCc1ccccc1)N[C@@H](C)C(=O)N1CC(N=O)(C(F)(F)F)C[C@H]1C(=O)O. The van der Waals surface area contributed by atoms with Crippen molar-refractivity contribution in [3.05, 3.63) is 40.8 Å². The minimum atomic E-state index is -5.04. The number of nitrogens with one attached hydrogen (secondary N) is 1. The predicted molar refractivity (Wildman–Crippen MR) is 99.2 cm³/mol. The van der Waals surface area contributed by atoms with E-state index in [2.05, 4.69) is 10.5 Å². The van der Waals surface area contributed by atoms with E-state index in [1.54, 1.807) is 0 Å². The average Bonchev–Trinajstić information content (AvgIpc) is 3.08. The summed E-state index contributed by atoms with van der Waals surface area (Å²) in [6, 6.07) is 6.83. The van der Waals surface area contributed by atoms with Crippen molar-refractivity contribution in [2.24, 2.45) is 5.18 Å². The molecule has 1 saturated heterocycles. The number of amides is 1. The lowest BCUT2D eigenvalue weighted by Gasteiger charge is -2.28. The maximum atomic E-state index is 13.3. The fourth-order valence-electron chi connectivity index (χ4n) is 3.52. The summed E-state index contributed by atoms with van der Waals surface area (Å²) < 4.78 is 40.0. The van der Waals surface area contributed by atoms with E-state index in [1.807, 2.05) is 37.3 Å². The largest absolute Gasteiger partial charge is 0.480 e. The monoisotopic (exact) mass is 415 g/mol. The van der Waals surface area contributed by atoms with Crippen molar-refractivity contribution in [2.45, 2.75) is 63.0 Å². The third-order valence-corrected chi connectivity index (χ3v) is 5.22. The molecule has 2 rings (SSSR count). The lowest BCUT2D eigenvalue weighted by molar-refractivity contribution is -0.182. The van der Waals surface area contributed by atoms with Crippen molar-refractivity contribution in [1.82, 2.24) is 10.2 Å². The van der Waals surface area contributed by atoms with Crippen molar-refractivity contribution >= 4 is 11.9 Å². The van der Waals surface area contributed by atoms with Gasteiger partial charge >= 0.3 is 12.1 Å². The Balaban J connectivity index is 2.04. The van der Waals surface area contributed by atoms with Gasteiger partial charge in [-0.05, 0) is 32.3 Å². The second-order valence-corrected chi connectivity index (χ2v) is 7.46. The number of nitrogens with zero attached hydrogens (tertiary/aromatic N) is 2. The third kappa shape index (κ3) is 5.11. The molecule has 1 fully saturated rings. The van der Waals surface area contributed by atoms with Crippen LogP contribution in [-0.4, -0.2) is 58.3 Å². The Bertz CT molecular complexity index is 744. The molecule has 1 aliphatic heterocycles. The van der Waals surface area contributed by atoms with Crippen molar-refractivity contribution < 1.29 is 27.9 Å². The number of hydrogen-bond donors (Lipinski definition) is 2. The van der Waals surface area contributed by atoms with Crippen LogP contribution in [0.5, 0.6) is 0 Å². The van der Waals surface area contributed by atoms with Crippen molar-refractivity contribution in [3.8, 4) is 0 Å². The molecule has 1 aromatic carbocycles. The Morgan fingerprint density at radius 2 is 1.93 bits per heavy atom. The summed E-state index contributed by atoms with van der Waals surface area (Å²) in [6.07, 6.45) is -4.72. The number of halogens is 3. The number of benzene rings is 1. The lowest BCUT2D eigenvalue weighted by atomic mass is 9.96. The first-order chi connectivity index (χ1) is 13.5. The number of carboxylic acid groups (broad SMARTS) is 1. The normalized spacial score (nSPS) is 24.2. The number of carboxylic acids is 1. The van der Waals surface area contributed by atoms with Crippen LogP contribution in [0, 0.1) is 4.91 Å². The molecule has 0 spiro atoms. The van der Waals surface area contributed by atoms with E-state index in [0.717, 1.165) is 12.0 Å². The average molecular weight is 415 g/mol. The topological polar surface area (TPSA) is 99.1 Å². The van der Waals surface area contributed by atoms with Crippen LogP contribution in [0.15, 0.2) is 35.5 Å². The first kappa shape index (κ1) is 22.8. The van der Waals surface area contributed by atoms with E-state index < -0.39 is 48.6 Å². The summed E-state index contributed by atoms with van der Waals surface area (Å²) in [7, 11) is 0. The number of nitroso groups, excluding NO2 is 1. The lowest BCUT2D eigenvalue weighted by Crippen LogP contribution is -2.52. The van der Waals surface area contributed by atoms with Crippen molar-refractivity contribution in [2.75, 3.05) is 6.54 Å². The van der Waals surface area contributed by atoms with Crippen LogP contribution in [-0.2, 0) is 16.0 Å². The van der Waals surface area contributed by atoms with E-state index in [-0.39, 0.29) is 6.04 Å². The van der Waals surface area contributed by atoms with Crippen LogP contribution in [0.1, 0.15) is 32.3 Å². The van der Waals surface area contributed by atoms with Gasteiger partial charge in [0.15, 0.2) is 0 Å². The van der Waals surface area contributed by atoms with Crippen LogP contribution in [0.25, 0.3) is 0 Å². The molecule has 0 saturated carbocycles. The molecule has 1 unspecified atom stereocenters. The molecule has 29 heavy (non-hydrogen) atoms. The van der Waals surface area contributed by atoms with E-state index in [9.17, 15) is 32.8 Å². The van der Waals surface area contributed by atoms with Gasteiger partial charge in [0.05, 0.1) is 12.6 Å². The van der Waals surface area contributed by atoms with Gasteiger partial charge in [0.2, 0.25) is 11.4 Å². The maximum absolute atomic E-state index is 13.3. The van der Waals surface area contributed by atoms with E-state index in [0.29, 0.717) is 11.3 Å². The molecule has 0 aliphatic carbocycles. The Labute approximate surface area is 166 Å². The van der Waals surface area contributed by atoms with Crippen LogP contribution in [0.3, 0.4) is 0 Å². The van der Waals surface area contributed by atoms with Crippen molar-refractivity contribution in [1.29, 1.82) is 0 Å². The fraction of sp³-hybridized carbons (Fsp3) is 0.579. The van der Waals surface area contributed by atoms with Gasteiger partial charge < -0.3 is 15.3 Å². The highest BCUT2D eigenvalue weighted by molar-refractivity contribution is 5.87. The number of rotatable bonds is 8. The summed E-state index contributed by atoms with van der Waals surface area (Å²) in [5.74, 6) is -2.41. The Morgan fingerprint density at radius 1 is 1.31 bits per heavy atom. The molecular formula is C19H24F3N3O4. The summed E-state index contributed by atoms with van der Waals surface area (Å²) >= 11 is 0. The molecule has 10 heteroatoms. The molecule has 2 N–H and O–H groups in total. The second kappa shape index (κ2) is 8.89. The molecule has 4 atom stereocenters. The zero-order valence-corrected chi connectivity index (χ0v) is 16.1. The third-order valence-electron chi connectivity index (χ3n) is 5.22. The number of aryl methyl sites for hydroxylation is 1. The van der Waals surface area contributed by atoms with Crippen LogP contribution in [0.4, 0.5) is 13.2 Å². The number of likely N-dealkylation sites (tertiary alicyclic amines) is 1. The minimum Gasteiger partial charge on any atom is -0.480 e. The van der Waals surface area contributed by atoms with Gasteiger partial charge in [-0.15, -0.1) is 4.91 Å². The molecule has 0 aromatic heterocycles. The fourth-order valence-corrected chi connectivity index (χ4v) is 3.52. The molecule has 1 heterocycles. The number of alkyl halides is 3. The van der Waals surface area contributed by atoms with E-state index >= 15 is 0 Å². The number of hydrogen-bond acceptors (Lipinski definition) is 5. The number of carbonyl (C=O) groups is 2. The van der Waals surface area contributed by atoms with Crippen LogP contribution < -0.4 is 5.32 Å². The quantitative estimate of drug-likeness (QED) is 0.636. The first-order valence-corrected chi connectivity index (χ1v) is 9.25. The summed E-state index contributed by atoms with van der Waals surface area (Å²) in [4.78, 5) is 35.7. The number of carbonyl (C=O) groups excluding carboxylic acids is 1.